The monoisotopic (exact) mass is 380 g/mol. The van der Waals surface area contributed by atoms with Crippen LogP contribution in [0.1, 0.15) is 17.7 Å². The molecule has 6 nitrogen and oxygen atoms in total. The first-order chi connectivity index (χ1) is 11.7. The van der Waals surface area contributed by atoms with Crippen molar-refractivity contribution in [3.63, 3.8) is 0 Å². The molecule has 2 aliphatic heterocycles. The lowest BCUT2D eigenvalue weighted by Crippen LogP contribution is -2.38. The van der Waals surface area contributed by atoms with Crippen molar-refractivity contribution >= 4 is 23.2 Å². The van der Waals surface area contributed by atoms with Crippen molar-refractivity contribution in [3.8, 4) is 0 Å². The Hall–Kier alpha value is -1.65. The zero-order chi connectivity index (χ0) is 18.6. The number of hydrogen-bond acceptors (Lipinski definition) is 5. The Morgan fingerprint density at radius 3 is 2.56 bits per heavy atom. The number of rotatable bonds is 4. The third-order valence-electron chi connectivity index (χ3n) is 4.25. The molecule has 2 N–H and O–H groups in total. The van der Waals surface area contributed by atoms with E-state index in [1.165, 1.54) is 4.88 Å². The molecule has 0 saturated carbocycles. The van der Waals surface area contributed by atoms with Gasteiger partial charge in [-0.15, -0.1) is 11.3 Å². The summed E-state index contributed by atoms with van der Waals surface area (Å²) in [5.74, 6) is -2.55. The van der Waals surface area contributed by atoms with E-state index in [2.05, 4.69) is 22.4 Å². The molecule has 0 aliphatic carbocycles. The molecular formula is C15H19F3N2O4S. The van der Waals surface area contributed by atoms with Crippen LogP contribution in [0.2, 0.25) is 0 Å². The molecule has 1 amide bonds. The van der Waals surface area contributed by atoms with Crippen molar-refractivity contribution in [2.45, 2.75) is 37.6 Å². The van der Waals surface area contributed by atoms with Crippen LogP contribution < -0.4 is 0 Å². The Balaban J connectivity index is 0.000000277. The quantitative estimate of drug-likeness (QED) is 0.828. The van der Waals surface area contributed by atoms with Crippen molar-refractivity contribution in [3.05, 3.63) is 22.4 Å². The van der Waals surface area contributed by atoms with Gasteiger partial charge in [0.1, 0.15) is 0 Å². The van der Waals surface area contributed by atoms with Crippen LogP contribution in [0.4, 0.5) is 13.2 Å². The number of aliphatic hydroxyl groups is 1. The number of aliphatic hydroxyl groups excluding tert-OH is 1. The summed E-state index contributed by atoms with van der Waals surface area (Å²) in [6.45, 7) is 2.58. The summed E-state index contributed by atoms with van der Waals surface area (Å²) < 4.78 is 31.7. The number of amides is 1. The molecule has 25 heavy (non-hydrogen) atoms. The summed E-state index contributed by atoms with van der Waals surface area (Å²) in [5, 5.41) is 18.3. The van der Waals surface area contributed by atoms with Gasteiger partial charge in [-0.05, 0) is 17.9 Å². The third kappa shape index (κ3) is 4.93. The van der Waals surface area contributed by atoms with Crippen LogP contribution in [0.5, 0.6) is 0 Å². The zero-order valence-electron chi connectivity index (χ0n) is 13.3. The highest BCUT2D eigenvalue weighted by Gasteiger charge is 2.46. The molecule has 1 aromatic heterocycles. The number of fused-ring (bicyclic) bond motifs is 1. The number of carbonyl (C=O) groups excluding carboxylic acids is 1. The van der Waals surface area contributed by atoms with Gasteiger partial charge in [0, 0.05) is 43.0 Å². The van der Waals surface area contributed by atoms with Gasteiger partial charge in [-0.25, -0.2) is 4.79 Å². The number of nitrogens with zero attached hydrogens (tertiary/aromatic N) is 2. The number of halogens is 3. The molecule has 3 rings (SSSR count). The van der Waals surface area contributed by atoms with E-state index >= 15 is 0 Å². The van der Waals surface area contributed by atoms with Gasteiger partial charge in [-0.1, -0.05) is 6.07 Å². The number of carbonyl (C=O) groups is 2. The van der Waals surface area contributed by atoms with E-state index in [0.29, 0.717) is 25.0 Å². The molecule has 10 heteroatoms. The van der Waals surface area contributed by atoms with E-state index in [4.69, 9.17) is 15.0 Å². The molecule has 2 unspecified atom stereocenters. The minimum atomic E-state index is -5.08. The van der Waals surface area contributed by atoms with Crippen molar-refractivity contribution in [1.82, 2.24) is 9.80 Å². The number of carboxylic acids is 1. The topological polar surface area (TPSA) is 81.1 Å². The van der Waals surface area contributed by atoms with E-state index in [1.54, 1.807) is 11.3 Å². The Morgan fingerprint density at radius 2 is 2.04 bits per heavy atom. The van der Waals surface area contributed by atoms with E-state index in [-0.39, 0.29) is 12.5 Å². The number of carboxylic acid groups (broad SMARTS) is 1. The van der Waals surface area contributed by atoms with Crippen LogP contribution in [0, 0.1) is 0 Å². The first-order valence-corrected chi connectivity index (χ1v) is 8.59. The predicted molar refractivity (Wildman–Crippen MR) is 84.0 cm³/mol. The molecule has 2 saturated heterocycles. The molecule has 2 fully saturated rings. The summed E-state index contributed by atoms with van der Waals surface area (Å²) in [5.41, 5.74) is 0. The minimum absolute atomic E-state index is 0.0693. The lowest BCUT2D eigenvalue weighted by Gasteiger charge is -2.24. The van der Waals surface area contributed by atoms with E-state index < -0.39 is 12.1 Å². The number of β-amino-alcohol motifs (C(OH)–C–C–N with tert-alkyl or cyclic N) is 1. The lowest BCUT2D eigenvalue weighted by molar-refractivity contribution is -0.192. The Morgan fingerprint density at radius 1 is 1.36 bits per heavy atom. The van der Waals surface area contributed by atoms with E-state index in [1.807, 2.05) is 4.90 Å². The predicted octanol–water partition coefficient (Wildman–Crippen LogP) is 1.55. The van der Waals surface area contributed by atoms with Crippen LogP contribution >= 0.6 is 11.3 Å². The number of aliphatic carboxylic acids is 1. The number of hydrogen-bond donors (Lipinski definition) is 2. The summed E-state index contributed by atoms with van der Waals surface area (Å²) in [7, 11) is 0. The average molecular weight is 380 g/mol. The maximum absolute atomic E-state index is 11.9. The summed E-state index contributed by atoms with van der Waals surface area (Å²) in [4.78, 5) is 26.5. The second-order valence-electron chi connectivity index (χ2n) is 5.79. The van der Waals surface area contributed by atoms with Crippen molar-refractivity contribution in [2.75, 3.05) is 19.7 Å². The average Bonchev–Trinajstić information content (AvgIpc) is 3.21. The van der Waals surface area contributed by atoms with Gasteiger partial charge in [-0.2, -0.15) is 13.2 Å². The molecule has 2 aliphatic rings. The smallest absolute Gasteiger partial charge is 0.475 e. The molecule has 2 atom stereocenters. The first kappa shape index (κ1) is 19.7. The fourth-order valence-electron chi connectivity index (χ4n) is 3.21. The van der Waals surface area contributed by atoms with E-state index in [0.717, 1.165) is 19.5 Å². The fourth-order valence-corrected chi connectivity index (χ4v) is 3.94. The Kier molecular flexibility index (Phi) is 6.42. The molecular weight excluding hydrogens is 361 g/mol. The summed E-state index contributed by atoms with van der Waals surface area (Å²) >= 11 is 1.78. The van der Waals surface area contributed by atoms with Crippen LogP contribution in [0.3, 0.4) is 0 Å². The standard InChI is InChI=1S/C13H18N2O2S.C2HF3O2/c16-6-5-15-11-3-4-14(12(11)8-13(15)17)9-10-2-1-7-18-10;3-2(4,5)1(6)7/h1-2,7,11-12,16H,3-6,8-9H2;(H,6,7). The summed E-state index contributed by atoms with van der Waals surface area (Å²) in [6.07, 6.45) is -3.42. The van der Waals surface area contributed by atoms with Crippen LogP contribution in [0.15, 0.2) is 17.5 Å². The zero-order valence-corrected chi connectivity index (χ0v) is 14.1. The number of thiophene rings is 1. The maximum Gasteiger partial charge on any atom is 0.490 e. The van der Waals surface area contributed by atoms with Gasteiger partial charge >= 0.3 is 12.1 Å². The van der Waals surface area contributed by atoms with Gasteiger partial charge in [0.2, 0.25) is 5.91 Å². The van der Waals surface area contributed by atoms with Gasteiger partial charge in [0.15, 0.2) is 0 Å². The van der Waals surface area contributed by atoms with Crippen LogP contribution in [-0.4, -0.2) is 69.8 Å². The Labute approximate surface area is 146 Å². The molecule has 0 radical (unpaired) electrons. The van der Waals surface area contributed by atoms with E-state index in [9.17, 15) is 18.0 Å². The molecule has 0 aromatic carbocycles. The van der Waals surface area contributed by atoms with Gasteiger partial charge in [0.05, 0.1) is 6.61 Å². The highest BCUT2D eigenvalue weighted by Crippen LogP contribution is 2.33. The highest BCUT2D eigenvalue weighted by molar-refractivity contribution is 7.09. The number of alkyl halides is 3. The maximum atomic E-state index is 11.9. The molecule has 1 aromatic rings. The largest absolute Gasteiger partial charge is 0.490 e. The highest BCUT2D eigenvalue weighted by atomic mass is 32.1. The Bertz CT molecular complexity index is 594. The molecule has 3 heterocycles. The summed E-state index contributed by atoms with van der Waals surface area (Å²) in [6, 6.07) is 4.90. The van der Waals surface area contributed by atoms with Crippen molar-refractivity contribution in [2.24, 2.45) is 0 Å². The second-order valence-corrected chi connectivity index (χ2v) is 6.82. The fraction of sp³-hybridized carbons (Fsp3) is 0.600. The first-order valence-electron chi connectivity index (χ1n) is 7.71. The van der Waals surface area contributed by atoms with Crippen molar-refractivity contribution in [1.29, 1.82) is 0 Å². The van der Waals surface area contributed by atoms with Gasteiger partial charge in [-0.3, -0.25) is 9.69 Å². The molecule has 140 valence electrons. The van der Waals surface area contributed by atoms with Gasteiger partial charge < -0.3 is 15.1 Å². The van der Waals surface area contributed by atoms with Crippen LogP contribution in [-0.2, 0) is 16.1 Å². The van der Waals surface area contributed by atoms with Crippen molar-refractivity contribution < 1.29 is 33.0 Å². The normalized spacial score (nSPS) is 23.4. The van der Waals surface area contributed by atoms with Crippen LogP contribution in [0.25, 0.3) is 0 Å². The second kappa shape index (κ2) is 8.15. The molecule has 0 spiro atoms. The minimum Gasteiger partial charge on any atom is -0.475 e. The third-order valence-corrected chi connectivity index (χ3v) is 5.11. The van der Waals surface area contributed by atoms with Gasteiger partial charge in [0.25, 0.3) is 0 Å². The molecule has 0 bridgehead atoms. The number of likely N-dealkylation sites (tertiary alicyclic amines) is 2. The SMILES string of the molecule is O=C(O)C(F)(F)F.O=C1CC2C(CCN2Cc2cccs2)N1CCO. The lowest BCUT2D eigenvalue weighted by atomic mass is 10.1.